The van der Waals surface area contributed by atoms with E-state index in [0.717, 1.165) is 0 Å². The van der Waals surface area contributed by atoms with Crippen molar-refractivity contribution in [3.63, 3.8) is 0 Å². The minimum absolute atomic E-state index is 0. The van der Waals surface area contributed by atoms with Gasteiger partial charge in [-0.2, -0.15) is 0 Å². The summed E-state index contributed by atoms with van der Waals surface area (Å²) in [5.74, 6) is 0. The Balaban J connectivity index is 0. The van der Waals surface area contributed by atoms with Crippen molar-refractivity contribution in [1.82, 2.24) is 0 Å². The summed E-state index contributed by atoms with van der Waals surface area (Å²) >= 11 is 0. The van der Waals surface area contributed by atoms with Crippen LogP contribution in [0.2, 0.25) is 0 Å². The van der Waals surface area contributed by atoms with Crippen molar-refractivity contribution in [2.45, 2.75) is 0 Å². The first-order valence-corrected chi connectivity index (χ1v) is 0. The summed E-state index contributed by atoms with van der Waals surface area (Å²) in [6.45, 7) is 0. The molecular formula is H25AlCaO10. The Hall–Kier alpha value is 1.39. The van der Waals surface area contributed by atoms with E-state index in [1.807, 2.05) is 0 Å². The molecule has 0 atom stereocenters. The molecule has 0 aromatic heterocycles. The Labute approximate surface area is 109 Å². The van der Waals surface area contributed by atoms with Crippen LogP contribution in [0.4, 0.5) is 0 Å². The summed E-state index contributed by atoms with van der Waals surface area (Å²) < 4.78 is 0. The molecule has 12 heavy (non-hydrogen) atoms. The zero-order valence-electron chi connectivity index (χ0n) is 5.00. The maximum atomic E-state index is 0. The Kier molecular flexibility index (Phi) is 73400. The minimum atomic E-state index is 0. The third-order valence-electron chi connectivity index (χ3n) is 0. The van der Waals surface area contributed by atoms with E-state index in [1.54, 1.807) is 0 Å². The predicted molar refractivity (Wildman–Crippen MR) is 54.6 cm³/mol. The SMILES string of the molecule is O.O.O.O.O.O.O.O.O.O.[AlH3].[CaH2]. The van der Waals surface area contributed by atoms with Crippen molar-refractivity contribution >= 4 is 55.1 Å². The molecule has 0 aromatic rings. The molecule has 0 aromatic carbocycles. The summed E-state index contributed by atoms with van der Waals surface area (Å²) in [5, 5.41) is 0. The molecule has 0 rings (SSSR count). The normalized spacial score (nSPS) is 0. The van der Waals surface area contributed by atoms with Crippen LogP contribution in [-0.4, -0.2) is 110 Å². The second kappa shape index (κ2) is 830. The third kappa shape index (κ3) is 635. The van der Waals surface area contributed by atoms with E-state index < -0.39 is 0 Å². The number of hydrogen-bond acceptors (Lipinski definition) is 0. The molecule has 0 unspecified atom stereocenters. The van der Waals surface area contributed by atoms with Crippen molar-refractivity contribution < 1.29 is 54.8 Å². The fraction of sp³-hybridized carbons (Fsp3) is 0. The second-order valence-corrected chi connectivity index (χ2v) is 0. The topological polar surface area (TPSA) is 315 Å². The van der Waals surface area contributed by atoms with Crippen molar-refractivity contribution in [2.75, 3.05) is 0 Å². The molecule has 0 aliphatic heterocycles. The molecule has 90 valence electrons. The van der Waals surface area contributed by atoms with Crippen molar-refractivity contribution in [2.24, 2.45) is 0 Å². The van der Waals surface area contributed by atoms with Crippen molar-refractivity contribution in [1.29, 1.82) is 0 Å². The summed E-state index contributed by atoms with van der Waals surface area (Å²) in [4.78, 5) is 0. The molecule has 20 N–H and O–H groups in total. The Bertz CT molecular complexity index is 9.80. The monoisotopic (exact) mass is 252 g/mol. The average molecular weight is 252 g/mol. The Morgan fingerprint density at radius 1 is 0.250 bits per heavy atom. The zero-order chi connectivity index (χ0) is 0. The predicted octanol–water partition coefficient (Wildman–Crippen LogP) is -10.3. The van der Waals surface area contributed by atoms with Gasteiger partial charge in [0.15, 0.2) is 17.4 Å². The summed E-state index contributed by atoms with van der Waals surface area (Å²) in [5.41, 5.74) is 0. The molecule has 0 aliphatic carbocycles. The average Bonchev–Trinajstić information content (AvgIpc) is 0. The molecular weight excluding hydrogens is 227 g/mol. The van der Waals surface area contributed by atoms with Gasteiger partial charge >= 0.3 is 37.7 Å². The summed E-state index contributed by atoms with van der Waals surface area (Å²) in [7, 11) is 0. The van der Waals surface area contributed by atoms with Gasteiger partial charge < -0.3 is 54.8 Å². The molecule has 0 heterocycles. The van der Waals surface area contributed by atoms with Gasteiger partial charge in [-0.3, -0.25) is 0 Å². The quantitative estimate of drug-likeness (QED) is 0.362. The molecule has 0 aliphatic rings. The van der Waals surface area contributed by atoms with Gasteiger partial charge in [0.2, 0.25) is 0 Å². The molecule has 0 amide bonds. The van der Waals surface area contributed by atoms with Crippen LogP contribution in [0.3, 0.4) is 0 Å². The molecule has 12 heteroatoms. The molecule has 10 nitrogen and oxygen atoms in total. The first-order chi connectivity index (χ1) is 0. The summed E-state index contributed by atoms with van der Waals surface area (Å²) in [6, 6.07) is 0. The van der Waals surface area contributed by atoms with E-state index in [1.165, 1.54) is 0 Å². The van der Waals surface area contributed by atoms with Crippen molar-refractivity contribution in [3.05, 3.63) is 0 Å². The van der Waals surface area contributed by atoms with E-state index >= 15 is 0 Å². The fourth-order valence-corrected chi connectivity index (χ4v) is 0. The van der Waals surface area contributed by atoms with Crippen LogP contribution < -0.4 is 0 Å². The van der Waals surface area contributed by atoms with E-state index in [9.17, 15) is 0 Å². The van der Waals surface area contributed by atoms with Crippen LogP contribution in [0.1, 0.15) is 0 Å². The van der Waals surface area contributed by atoms with Gasteiger partial charge in [0.25, 0.3) is 0 Å². The molecule has 0 radical (unpaired) electrons. The van der Waals surface area contributed by atoms with E-state index in [0.29, 0.717) is 0 Å². The van der Waals surface area contributed by atoms with Gasteiger partial charge in [-0.1, -0.05) is 0 Å². The van der Waals surface area contributed by atoms with Crippen molar-refractivity contribution in [3.8, 4) is 0 Å². The van der Waals surface area contributed by atoms with Crippen LogP contribution in [0, 0.1) is 0 Å². The van der Waals surface area contributed by atoms with Crippen LogP contribution in [0.15, 0.2) is 0 Å². The van der Waals surface area contributed by atoms with Gasteiger partial charge in [0.1, 0.15) is 0 Å². The molecule has 0 fully saturated rings. The van der Waals surface area contributed by atoms with E-state index in [4.69, 9.17) is 0 Å². The molecule has 0 saturated heterocycles. The second-order valence-electron chi connectivity index (χ2n) is 0. The number of hydrogen-bond donors (Lipinski definition) is 0. The fourth-order valence-electron chi connectivity index (χ4n) is 0. The van der Waals surface area contributed by atoms with Crippen LogP contribution >= 0.6 is 0 Å². The number of rotatable bonds is 0. The molecule has 0 bridgehead atoms. The Morgan fingerprint density at radius 2 is 0.250 bits per heavy atom. The summed E-state index contributed by atoms with van der Waals surface area (Å²) in [6.07, 6.45) is 0. The molecule has 0 saturated carbocycles. The van der Waals surface area contributed by atoms with Gasteiger partial charge in [-0.25, -0.2) is 0 Å². The van der Waals surface area contributed by atoms with Gasteiger partial charge in [-0.05, 0) is 0 Å². The Morgan fingerprint density at radius 3 is 0.250 bits per heavy atom. The maximum absolute atomic E-state index is 0. The zero-order valence-corrected chi connectivity index (χ0v) is 5.00. The van der Waals surface area contributed by atoms with Gasteiger partial charge in [-0.15, -0.1) is 0 Å². The standard InChI is InChI=1S/Al.Ca.10H2O.5H/h;;10*1H2;;;;;. The van der Waals surface area contributed by atoms with Crippen LogP contribution in [0.25, 0.3) is 0 Å². The van der Waals surface area contributed by atoms with Gasteiger partial charge in [0, 0.05) is 0 Å². The van der Waals surface area contributed by atoms with E-state index in [-0.39, 0.29) is 110 Å². The first-order valence-electron chi connectivity index (χ1n) is 0. The van der Waals surface area contributed by atoms with E-state index in [2.05, 4.69) is 0 Å². The van der Waals surface area contributed by atoms with Gasteiger partial charge in [0.05, 0.1) is 0 Å². The third-order valence-corrected chi connectivity index (χ3v) is 0. The molecule has 0 spiro atoms. The van der Waals surface area contributed by atoms with Crippen LogP contribution in [-0.2, 0) is 0 Å². The van der Waals surface area contributed by atoms with Crippen LogP contribution in [0.5, 0.6) is 0 Å². The first kappa shape index (κ1) is 1060.